The van der Waals surface area contributed by atoms with Crippen molar-refractivity contribution in [3.8, 4) is 0 Å². The normalized spacial score (nSPS) is 26.5. The molecule has 0 spiro atoms. The van der Waals surface area contributed by atoms with Crippen molar-refractivity contribution < 1.29 is 9.90 Å². The zero-order valence-corrected chi connectivity index (χ0v) is 13.9. The zero-order valence-electron chi connectivity index (χ0n) is 13.9. The Kier molecular flexibility index (Phi) is 5.85. The van der Waals surface area contributed by atoms with Crippen LogP contribution in [-0.2, 0) is 11.2 Å². The molecule has 126 valence electrons. The van der Waals surface area contributed by atoms with Crippen LogP contribution < -0.4 is 5.32 Å². The molecular weight excluding hydrogens is 286 g/mol. The molecule has 3 atom stereocenters. The number of hydrogen-bond acceptors (Lipinski definition) is 3. The molecule has 3 rings (SSSR count). The summed E-state index contributed by atoms with van der Waals surface area (Å²) in [5.74, 6) is 1.22. The molecule has 1 saturated carbocycles. The summed E-state index contributed by atoms with van der Waals surface area (Å²) >= 11 is 0. The lowest BCUT2D eigenvalue weighted by molar-refractivity contribution is -0.129. The third-order valence-electron chi connectivity index (χ3n) is 5.76. The van der Waals surface area contributed by atoms with E-state index in [0.29, 0.717) is 17.6 Å². The van der Waals surface area contributed by atoms with Crippen LogP contribution in [-0.4, -0.2) is 30.6 Å². The van der Waals surface area contributed by atoms with Gasteiger partial charge in [-0.05, 0) is 36.8 Å². The van der Waals surface area contributed by atoms with Crippen molar-refractivity contribution in [1.82, 2.24) is 5.32 Å². The van der Waals surface area contributed by atoms with Gasteiger partial charge in [-0.25, -0.2) is 0 Å². The zero-order chi connectivity index (χ0) is 16.1. The second-order valence-corrected chi connectivity index (χ2v) is 7.38. The van der Waals surface area contributed by atoms with E-state index >= 15 is 0 Å². The van der Waals surface area contributed by atoms with Crippen LogP contribution in [0, 0.1) is 23.7 Å². The second kappa shape index (κ2) is 8.07. The van der Waals surface area contributed by atoms with Crippen LogP contribution in [0.25, 0.3) is 0 Å². The number of aliphatic hydroxyl groups is 1. The molecule has 0 radical (unpaired) electrons. The van der Waals surface area contributed by atoms with Crippen LogP contribution in [0.1, 0.15) is 37.7 Å². The van der Waals surface area contributed by atoms with Gasteiger partial charge in [-0.3, -0.25) is 4.79 Å². The molecule has 1 heterocycles. The van der Waals surface area contributed by atoms with Crippen molar-refractivity contribution in [2.45, 2.75) is 38.5 Å². The van der Waals surface area contributed by atoms with E-state index < -0.39 is 0 Å². The van der Waals surface area contributed by atoms with E-state index in [0.717, 1.165) is 25.9 Å². The molecule has 1 aliphatic carbocycles. The van der Waals surface area contributed by atoms with Gasteiger partial charge in [0.15, 0.2) is 0 Å². The maximum atomic E-state index is 13.0. The maximum absolute atomic E-state index is 13.0. The van der Waals surface area contributed by atoms with E-state index in [1.807, 2.05) is 6.07 Å². The lowest BCUT2D eigenvalue weighted by Crippen LogP contribution is -2.33. The van der Waals surface area contributed by atoms with Gasteiger partial charge in [0.25, 0.3) is 0 Å². The van der Waals surface area contributed by atoms with Crippen molar-refractivity contribution in [2.24, 2.45) is 23.7 Å². The highest BCUT2D eigenvalue weighted by atomic mass is 16.3. The lowest BCUT2D eigenvalue weighted by Gasteiger charge is -2.24. The SMILES string of the molecule is O=C([C@@H](CO)CC1CCCC1)[C@@H]1CNC[C@H]1Cc1ccccc1. The molecule has 1 aromatic carbocycles. The summed E-state index contributed by atoms with van der Waals surface area (Å²) in [7, 11) is 0. The van der Waals surface area contributed by atoms with Crippen LogP contribution in [0.5, 0.6) is 0 Å². The summed E-state index contributed by atoms with van der Waals surface area (Å²) < 4.78 is 0. The van der Waals surface area contributed by atoms with Gasteiger partial charge in [0.1, 0.15) is 5.78 Å². The van der Waals surface area contributed by atoms with E-state index in [1.54, 1.807) is 0 Å². The van der Waals surface area contributed by atoms with E-state index in [9.17, 15) is 9.90 Å². The van der Waals surface area contributed by atoms with Gasteiger partial charge in [0, 0.05) is 18.4 Å². The molecule has 1 aromatic rings. The van der Waals surface area contributed by atoms with Crippen molar-refractivity contribution >= 4 is 5.78 Å². The summed E-state index contributed by atoms with van der Waals surface area (Å²) in [6.07, 6.45) is 6.90. The summed E-state index contributed by atoms with van der Waals surface area (Å²) in [6.45, 7) is 1.70. The molecule has 0 bridgehead atoms. The summed E-state index contributed by atoms with van der Waals surface area (Å²) in [5, 5.41) is 13.1. The molecule has 3 nitrogen and oxygen atoms in total. The Balaban J connectivity index is 1.61. The number of nitrogens with one attached hydrogen (secondary N) is 1. The van der Waals surface area contributed by atoms with Gasteiger partial charge < -0.3 is 10.4 Å². The molecule has 0 unspecified atom stereocenters. The third-order valence-corrected chi connectivity index (χ3v) is 5.76. The van der Waals surface area contributed by atoms with Gasteiger partial charge >= 0.3 is 0 Å². The summed E-state index contributed by atoms with van der Waals surface area (Å²) in [5.41, 5.74) is 1.30. The molecule has 23 heavy (non-hydrogen) atoms. The quantitative estimate of drug-likeness (QED) is 0.813. The predicted octanol–water partition coefficient (Wildman–Crippen LogP) is 2.82. The van der Waals surface area contributed by atoms with Crippen LogP contribution in [0.15, 0.2) is 30.3 Å². The predicted molar refractivity (Wildman–Crippen MR) is 92.2 cm³/mol. The average Bonchev–Trinajstić information content (AvgIpc) is 3.24. The average molecular weight is 315 g/mol. The molecule has 1 aliphatic heterocycles. The first-order chi connectivity index (χ1) is 11.3. The largest absolute Gasteiger partial charge is 0.396 e. The second-order valence-electron chi connectivity index (χ2n) is 7.38. The minimum atomic E-state index is -0.152. The highest BCUT2D eigenvalue weighted by Gasteiger charge is 2.37. The van der Waals surface area contributed by atoms with Crippen molar-refractivity contribution in [3.63, 3.8) is 0 Å². The number of ketones is 1. The Morgan fingerprint density at radius 3 is 2.61 bits per heavy atom. The monoisotopic (exact) mass is 315 g/mol. The Labute approximate surface area is 139 Å². The van der Waals surface area contributed by atoms with E-state index in [-0.39, 0.29) is 18.4 Å². The minimum absolute atomic E-state index is 0.0177. The van der Waals surface area contributed by atoms with Gasteiger partial charge in [-0.2, -0.15) is 0 Å². The summed E-state index contributed by atoms with van der Waals surface area (Å²) in [4.78, 5) is 13.0. The van der Waals surface area contributed by atoms with Crippen LogP contribution in [0.2, 0.25) is 0 Å². The fourth-order valence-electron chi connectivity index (χ4n) is 4.43. The van der Waals surface area contributed by atoms with Crippen LogP contribution in [0.4, 0.5) is 0 Å². The molecule has 2 fully saturated rings. The Bertz CT molecular complexity index is 496. The number of rotatable bonds is 7. The number of hydrogen-bond donors (Lipinski definition) is 2. The first-order valence-electron chi connectivity index (χ1n) is 9.17. The fraction of sp³-hybridized carbons (Fsp3) is 0.650. The van der Waals surface area contributed by atoms with E-state index in [4.69, 9.17) is 0 Å². The topological polar surface area (TPSA) is 49.3 Å². The van der Waals surface area contributed by atoms with E-state index in [2.05, 4.69) is 29.6 Å². The molecule has 2 aliphatic rings. The van der Waals surface area contributed by atoms with Crippen molar-refractivity contribution in [3.05, 3.63) is 35.9 Å². The highest BCUT2D eigenvalue weighted by Crippen LogP contribution is 2.33. The first kappa shape index (κ1) is 16.7. The molecule has 0 aromatic heterocycles. The third kappa shape index (κ3) is 4.21. The van der Waals surface area contributed by atoms with Crippen LogP contribution >= 0.6 is 0 Å². The molecule has 1 saturated heterocycles. The minimum Gasteiger partial charge on any atom is -0.396 e. The fourth-order valence-corrected chi connectivity index (χ4v) is 4.43. The Morgan fingerprint density at radius 2 is 1.91 bits per heavy atom. The smallest absolute Gasteiger partial charge is 0.142 e. The Hall–Kier alpha value is -1.19. The highest BCUT2D eigenvalue weighted by molar-refractivity contribution is 5.84. The summed E-state index contributed by atoms with van der Waals surface area (Å²) in [6, 6.07) is 10.4. The van der Waals surface area contributed by atoms with Gasteiger partial charge in [0.05, 0.1) is 6.61 Å². The molecule has 2 N–H and O–H groups in total. The first-order valence-corrected chi connectivity index (χ1v) is 9.17. The van der Waals surface area contributed by atoms with Crippen molar-refractivity contribution in [2.75, 3.05) is 19.7 Å². The number of Topliss-reactive ketones (excluding diaryl/α,β-unsaturated/α-hetero) is 1. The number of carbonyl (C=O) groups excluding carboxylic acids is 1. The number of aliphatic hydroxyl groups excluding tert-OH is 1. The van der Waals surface area contributed by atoms with Gasteiger partial charge in [0.2, 0.25) is 0 Å². The molecular formula is C20H29NO2. The van der Waals surface area contributed by atoms with Crippen molar-refractivity contribution in [1.29, 1.82) is 0 Å². The standard InChI is InChI=1S/C20H29NO2/c22-14-18(11-16-8-4-5-9-16)20(23)19-13-21-12-17(19)10-15-6-2-1-3-7-15/h1-3,6-7,16-19,21-22H,4-5,8-14H2/t17-,18-,19-/m1/s1. The lowest BCUT2D eigenvalue weighted by atomic mass is 9.79. The van der Waals surface area contributed by atoms with Gasteiger partial charge in [-0.1, -0.05) is 56.0 Å². The van der Waals surface area contributed by atoms with Crippen LogP contribution in [0.3, 0.4) is 0 Å². The molecule has 0 amide bonds. The van der Waals surface area contributed by atoms with Gasteiger partial charge in [-0.15, -0.1) is 0 Å². The molecule has 3 heteroatoms. The van der Waals surface area contributed by atoms with E-state index in [1.165, 1.54) is 31.2 Å². The number of benzene rings is 1. The number of carbonyl (C=O) groups is 1. The maximum Gasteiger partial charge on any atom is 0.142 e. The Morgan fingerprint density at radius 1 is 1.17 bits per heavy atom.